The summed E-state index contributed by atoms with van der Waals surface area (Å²) in [6.07, 6.45) is 8.99. The number of anilines is 2. The Morgan fingerprint density at radius 1 is 1.28 bits per heavy atom. The molecule has 2 aromatic carbocycles. The Bertz CT molecular complexity index is 1220. The minimum atomic E-state index is -0.497. The third-order valence-corrected chi connectivity index (χ3v) is 8.69. The van der Waals surface area contributed by atoms with Gasteiger partial charge < -0.3 is 19.3 Å². The van der Waals surface area contributed by atoms with Crippen LogP contribution in [0, 0.1) is 11.3 Å². The van der Waals surface area contributed by atoms with Crippen molar-refractivity contribution in [3.63, 3.8) is 0 Å². The summed E-state index contributed by atoms with van der Waals surface area (Å²) in [5.41, 5.74) is 4.41. The van der Waals surface area contributed by atoms with Gasteiger partial charge in [0.2, 0.25) is 0 Å². The molecule has 0 fully saturated rings. The Labute approximate surface area is 220 Å². The van der Waals surface area contributed by atoms with E-state index in [0.29, 0.717) is 16.8 Å². The molecule has 0 aliphatic carbocycles. The largest absolute Gasteiger partial charge is 0.340 e. The Kier molecular flexibility index (Phi) is 10.3. The minimum absolute atomic E-state index is 0.106. The van der Waals surface area contributed by atoms with E-state index in [1.807, 2.05) is 38.3 Å². The highest BCUT2D eigenvalue weighted by atomic mass is 32.2. The highest BCUT2D eigenvalue weighted by molar-refractivity contribution is 7.94. The summed E-state index contributed by atoms with van der Waals surface area (Å²) in [5, 5.41) is 13.7. The van der Waals surface area contributed by atoms with Crippen LogP contribution in [0.15, 0.2) is 82.7 Å². The molecule has 1 aliphatic heterocycles. The third kappa shape index (κ3) is 6.66. The fourth-order valence-electron chi connectivity index (χ4n) is 4.01. The van der Waals surface area contributed by atoms with Gasteiger partial charge in [0.15, 0.2) is 0 Å². The zero-order valence-corrected chi connectivity index (χ0v) is 23.2. The fraction of sp³-hybridized carbons (Fsp3) is 0.286. The molecule has 0 saturated carbocycles. The number of benzene rings is 2. The van der Waals surface area contributed by atoms with E-state index in [2.05, 4.69) is 47.2 Å². The van der Waals surface area contributed by atoms with Gasteiger partial charge in [0, 0.05) is 58.2 Å². The van der Waals surface area contributed by atoms with Crippen molar-refractivity contribution in [3.05, 3.63) is 83.3 Å². The molecule has 1 unspecified atom stereocenters. The van der Waals surface area contributed by atoms with Crippen LogP contribution in [-0.2, 0) is 8.98 Å². The summed E-state index contributed by atoms with van der Waals surface area (Å²) in [6, 6.07) is 15.7. The zero-order valence-electron chi connectivity index (χ0n) is 21.5. The number of amides is 1. The number of rotatable bonds is 10. The van der Waals surface area contributed by atoms with Gasteiger partial charge in [-0.3, -0.25) is 4.79 Å². The number of fused-ring (bicyclic) bond motifs is 1. The number of nitrogens with zero attached hydrogens (tertiary/aromatic N) is 3. The molecule has 0 radical (unpaired) electrons. The van der Waals surface area contributed by atoms with Crippen LogP contribution in [0.5, 0.6) is 0 Å². The first-order chi connectivity index (χ1) is 17.4. The molecule has 1 amide bonds. The minimum Gasteiger partial charge on any atom is -0.340 e. The maximum Gasteiger partial charge on any atom is 0.253 e. The molecule has 0 aromatic heterocycles. The van der Waals surface area contributed by atoms with Crippen molar-refractivity contribution >= 4 is 42.6 Å². The van der Waals surface area contributed by atoms with E-state index in [0.717, 1.165) is 24.4 Å². The first-order valence-corrected chi connectivity index (χ1v) is 14.3. The lowest BCUT2D eigenvalue weighted by Gasteiger charge is -2.22. The van der Waals surface area contributed by atoms with E-state index in [1.54, 1.807) is 37.3 Å². The molecule has 0 saturated heterocycles. The second-order valence-electron chi connectivity index (χ2n) is 8.35. The van der Waals surface area contributed by atoms with Crippen molar-refractivity contribution in [1.82, 2.24) is 5.32 Å². The maximum atomic E-state index is 12.9. The number of nitrogens with one attached hydrogen (secondary N) is 1. The fourth-order valence-corrected chi connectivity index (χ4v) is 6.57. The number of carbonyl (C=O) groups is 1. The molecule has 1 aliphatic rings. The standard InChI is InChI=1S/C28H33N4O2PS/c1-21(28(33)31(3)23-12-8-11-22(18-23)20-29)10-6-7-13-27-32(17-9-16-30-2)25-15-14-24(36-34-4)19-26(25)35(27)5/h6-8,10-15,18-19,30H,9,16-17H2,1-5H3/b7-6+,21-10+,27-13-. The van der Waals surface area contributed by atoms with Crippen LogP contribution in [0.3, 0.4) is 0 Å². The average molecular weight is 521 g/mol. The second kappa shape index (κ2) is 13.4. The van der Waals surface area contributed by atoms with Crippen molar-refractivity contribution in [1.29, 1.82) is 5.26 Å². The molecule has 1 N–H and O–H groups in total. The molecule has 3 rings (SSSR count). The summed E-state index contributed by atoms with van der Waals surface area (Å²) in [4.78, 5) is 18.0. The Morgan fingerprint density at radius 2 is 2.08 bits per heavy atom. The molecule has 1 heterocycles. The molecule has 0 spiro atoms. The van der Waals surface area contributed by atoms with E-state index in [1.165, 1.54) is 28.5 Å². The Morgan fingerprint density at radius 3 is 2.81 bits per heavy atom. The summed E-state index contributed by atoms with van der Waals surface area (Å²) >= 11 is 1.39. The molecule has 188 valence electrons. The molecular weight excluding hydrogens is 487 g/mol. The van der Waals surface area contributed by atoms with Gasteiger partial charge in [-0.2, -0.15) is 5.26 Å². The van der Waals surface area contributed by atoms with Gasteiger partial charge in [0.25, 0.3) is 5.91 Å². The molecule has 1 atom stereocenters. The third-order valence-electron chi connectivity index (χ3n) is 5.91. The first-order valence-electron chi connectivity index (χ1n) is 11.7. The lowest BCUT2D eigenvalue weighted by Crippen LogP contribution is -2.26. The lowest BCUT2D eigenvalue weighted by atomic mass is 10.2. The van der Waals surface area contributed by atoms with Gasteiger partial charge in [0.1, 0.15) is 0 Å². The van der Waals surface area contributed by atoms with Gasteiger partial charge in [0.05, 0.1) is 18.7 Å². The van der Waals surface area contributed by atoms with Gasteiger partial charge in [-0.1, -0.05) is 24.3 Å². The van der Waals surface area contributed by atoms with Gasteiger partial charge in [-0.25, -0.2) is 0 Å². The van der Waals surface area contributed by atoms with Crippen molar-refractivity contribution in [2.45, 2.75) is 18.2 Å². The second-order valence-corrected chi connectivity index (χ2v) is 11.4. The van der Waals surface area contributed by atoms with Crippen LogP contribution in [0.1, 0.15) is 18.9 Å². The van der Waals surface area contributed by atoms with E-state index in [9.17, 15) is 4.79 Å². The Balaban J connectivity index is 1.78. The number of hydrogen-bond acceptors (Lipinski definition) is 6. The van der Waals surface area contributed by atoms with Crippen LogP contribution < -0.4 is 20.4 Å². The van der Waals surface area contributed by atoms with E-state index in [-0.39, 0.29) is 5.91 Å². The molecule has 6 nitrogen and oxygen atoms in total. The monoisotopic (exact) mass is 520 g/mol. The zero-order chi connectivity index (χ0) is 26.1. The molecule has 8 heteroatoms. The highest BCUT2D eigenvalue weighted by Gasteiger charge is 2.30. The van der Waals surface area contributed by atoms with E-state index in [4.69, 9.17) is 9.44 Å². The van der Waals surface area contributed by atoms with Crippen molar-refractivity contribution in [2.75, 3.05) is 50.8 Å². The summed E-state index contributed by atoms with van der Waals surface area (Å²) in [6.45, 7) is 6.00. The van der Waals surface area contributed by atoms with E-state index >= 15 is 0 Å². The lowest BCUT2D eigenvalue weighted by molar-refractivity contribution is -0.114. The number of nitriles is 1. The normalized spacial score (nSPS) is 16.4. The van der Waals surface area contributed by atoms with Crippen molar-refractivity contribution < 1.29 is 8.98 Å². The molecule has 0 bridgehead atoms. The summed E-state index contributed by atoms with van der Waals surface area (Å²) < 4.78 is 5.26. The molecular formula is C28H33N4O2PS. The highest BCUT2D eigenvalue weighted by Crippen LogP contribution is 2.52. The van der Waals surface area contributed by atoms with Gasteiger partial charge in [-0.05, 0) is 84.0 Å². The number of likely N-dealkylation sites (N-methyl/N-ethyl adjacent to an activating group) is 1. The van der Waals surface area contributed by atoms with Crippen LogP contribution >= 0.6 is 20.0 Å². The van der Waals surface area contributed by atoms with Crippen molar-refractivity contribution in [2.24, 2.45) is 0 Å². The molecule has 36 heavy (non-hydrogen) atoms. The van der Waals surface area contributed by atoms with Crippen LogP contribution in [-0.4, -0.2) is 46.9 Å². The van der Waals surface area contributed by atoms with E-state index < -0.39 is 7.92 Å². The SMILES string of the molecule is CNCCCN1/C(=C/C=C/C=C(\C)C(=O)N(C)c2cccc(C#N)c2)P(C)c2cc(SOC)ccc21. The number of allylic oxidation sites excluding steroid dienone is 4. The summed E-state index contributed by atoms with van der Waals surface area (Å²) in [7, 11) is 4.89. The summed E-state index contributed by atoms with van der Waals surface area (Å²) in [5.74, 6) is -0.106. The van der Waals surface area contributed by atoms with Gasteiger partial charge in [-0.15, -0.1) is 0 Å². The smallest absolute Gasteiger partial charge is 0.253 e. The van der Waals surface area contributed by atoms with Crippen LogP contribution in [0.2, 0.25) is 0 Å². The topological polar surface area (TPSA) is 68.6 Å². The van der Waals surface area contributed by atoms with Crippen molar-refractivity contribution in [3.8, 4) is 6.07 Å². The molecule has 2 aromatic rings. The van der Waals surface area contributed by atoms with Gasteiger partial charge >= 0.3 is 0 Å². The number of carbonyl (C=O) groups excluding carboxylic acids is 1. The van der Waals surface area contributed by atoms with Crippen LogP contribution in [0.4, 0.5) is 11.4 Å². The number of hydrogen-bond donors (Lipinski definition) is 1. The predicted octanol–water partition coefficient (Wildman–Crippen LogP) is 5.39. The average Bonchev–Trinajstić information content (AvgIpc) is 3.16. The quantitative estimate of drug-likeness (QED) is 0.149. The first kappa shape index (κ1) is 27.7. The predicted molar refractivity (Wildman–Crippen MR) is 153 cm³/mol. The maximum absolute atomic E-state index is 12.9. The Hall–Kier alpha value is -2.88. The van der Waals surface area contributed by atoms with Crippen LogP contribution in [0.25, 0.3) is 0 Å².